The normalized spacial score (nSPS) is 18.0. The number of hydrogen-bond donors (Lipinski definition) is 2. The van der Waals surface area contributed by atoms with Crippen molar-refractivity contribution in [3.63, 3.8) is 0 Å². The Hall–Kier alpha value is -0.940. The number of amides is 1. The highest BCUT2D eigenvalue weighted by Crippen LogP contribution is 2.31. The molecule has 1 aliphatic carbocycles. The molecule has 1 aromatic heterocycles. The molecule has 0 unspecified atom stereocenters. The molecule has 5 heteroatoms. The molecule has 0 aromatic carbocycles. The summed E-state index contributed by atoms with van der Waals surface area (Å²) in [5, 5.41) is 6.27. The summed E-state index contributed by atoms with van der Waals surface area (Å²) in [7, 11) is 1.96. The Kier molecular flexibility index (Phi) is 4.93. The molecule has 0 spiro atoms. The molecule has 1 heterocycles. The summed E-state index contributed by atoms with van der Waals surface area (Å²) in [6.45, 7) is 0. The van der Waals surface area contributed by atoms with Crippen molar-refractivity contribution in [1.82, 2.24) is 10.3 Å². The molecule has 104 valence electrons. The van der Waals surface area contributed by atoms with Gasteiger partial charge in [-0.15, -0.1) is 0 Å². The molecule has 1 saturated carbocycles. The second-order valence-electron chi connectivity index (χ2n) is 5.19. The van der Waals surface area contributed by atoms with Gasteiger partial charge in [0.25, 0.3) is 0 Å². The third kappa shape index (κ3) is 4.01. The Morgan fingerprint density at radius 1 is 1.37 bits per heavy atom. The van der Waals surface area contributed by atoms with Crippen LogP contribution in [0.2, 0.25) is 0 Å². The average Bonchev–Trinajstić information content (AvgIpc) is 2.42. The summed E-state index contributed by atoms with van der Waals surface area (Å²) in [6, 6.07) is 3.67. The highest BCUT2D eigenvalue weighted by molar-refractivity contribution is 9.10. The summed E-state index contributed by atoms with van der Waals surface area (Å²) in [5.41, 5.74) is 0.723. The molecule has 2 N–H and O–H groups in total. The number of hydrogen-bond acceptors (Lipinski definition) is 3. The standard InChI is InChI=1S/C14H20BrN3O/c1-16-14(7-3-2-4-8-14)9-13(19)18-11-5-6-12(15)17-10-11/h5-6,10,16H,2-4,7-9H2,1H3,(H,18,19). The van der Waals surface area contributed by atoms with Crippen molar-refractivity contribution in [2.75, 3.05) is 12.4 Å². The van der Waals surface area contributed by atoms with Gasteiger partial charge in [0.05, 0.1) is 11.9 Å². The third-order valence-corrected chi connectivity index (χ3v) is 4.32. The van der Waals surface area contributed by atoms with Crippen molar-refractivity contribution >= 4 is 27.5 Å². The van der Waals surface area contributed by atoms with Crippen LogP contribution in [0.1, 0.15) is 38.5 Å². The summed E-state index contributed by atoms with van der Waals surface area (Å²) in [4.78, 5) is 16.2. The number of nitrogens with one attached hydrogen (secondary N) is 2. The zero-order valence-electron chi connectivity index (χ0n) is 11.2. The zero-order chi connectivity index (χ0) is 13.7. The Labute approximate surface area is 122 Å². The van der Waals surface area contributed by atoms with Crippen molar-refractivity contribution < 1.29 is 4.79 Å². The number of carbonyl (C=O) groups is 1. The first kappa shape index (κ1) is 14.5. The predicted octanol–water partition coefficient (Wildman–Crippen LogP) is 3.10. The molecule has 1 fully saturated rings. The predicted molar refractivity (Wildman–Crippen MR) is 80.1 cm³/mol. The number of rotatable bonds is 4. The zero-order valence-corrected chi connectivity index (χ0v) is 12.8. The molecule has 0 bridgehead atoms. The topological polar surface area (TPSA) is 54.0 Å². The number of carbonyl (C=O) groups excluding carboxylic acids is 1. The Morgan fingerprint density at radius 3 is 2.68 bits per heavy atom. The van der Waals surface area contributed by atoms with Crippen molar-refractivity contribution in [3.05, 3.63) is 22.9 Å². The minimum absolute atomic E-state index is 0.0227. The van der Waals surface area contributed by atoms with Gasteiger partial charge in [0, 0.05) is 12.0 Å². The second kappa shape index (κ2) is 6.48. The van der Waals surface area contributed by atoms with Crippen LogP contribution in [0, 0.1) is 0 Å². The Bertz CT molecular complexity index is 427. The Morgan fingerprint density at radius 2 is 2.11 bits per heavy atom. The van der Waals surface area contributed by atoms with Crippen LogP contribution >= 0.6 is 15.9 Å². The van der Waals surface area contributed by atoms with Crippen molar-refractivity contribution in [2.45, 2.75) is 44.1 Å². The quantitative estimate of drug-likeness (QED) is 0.836. The monoisotopic (exact) mass is 325 g/mol. The van der Waals surface area contributed by atoms with Crippen LogP contribution in [-0.4, -0.2) is 23.5 Å². The smallest absolute Gasteiger partial charge is 0.226 e. The van der Waals surface area contributed by atoms with Gasteiger partial charge in [-0.3, -0.25) is 4.79 Å². The first-order valence-corrected chi connectivity index (χ1v) is 7.53. The maximum absolute atomic E-state index is 12.1. The molecule has 2 rings (SSSR count). The lowest BCUT2D eigenvalue weighted by atomic mass is 9.79. The van der Waals surface area contributed by atoms with Crippen molar-refractivity contribution in [1.29, 1.82) is 0 Å². The number of nitrogens with zero attached hydrogens (tertiary/aromatic N) is 1. The lowest BCUT2D eigenvalue weighted by Gasteiger charge is -2.36. The highest BCUT2D eigenvalue weighted by atomic mass is 79.9. The fraction of sp³-hybridized carbons (Fsp3) is 0.571. The van der Waals surface area contributed by atoms with Gasteiger partial charge in [0.15, 0.2) is 0 Å². The maximum Gasteiger partial charge on any atom is 0.226 e. The first-order valence-electron chi connectivity index (χ1n) is 6.74. The van der Waals surface area contributed by atoms with E-state index >= 15 is 0 Å². The SMILES string of the molecule is CNC1(CC(=O)Nc2ccc(Br)nc2)CCCCC1. The van der Waals surface area contributed by atoms with Crippen LogP contribution < -0.4 is 10.6 Å². The number of anilines is 1. The van der Waals surface area contributed by atoms with Crippen LogP contribution in [0.4, 0.5) is 5.69 Å². The van der Waals surface area contributed by atoms with Gasteiger partial charge in [-0.1, -0.05) is 19.3 Å². The van der Waals surface area contributed by atoms with Crippen LogP contribution in [0.15, 0.2) is 22.9 Å². The van der Waals surface area contributed by atoms with Crippen LogP contribution in [0.3, 0.4) is 0 Å². The van der Waals surface area contributed by atoms with E-state index in [1.165, 1.54) is 19.3 Å². The maximum atomic E-state index is 12.1. The van der Waals surface area contributed by atoms with Gasteiger partial charge < -0.3 is 10.6 Å². The highest BCUT2D eigenvalue weighted by Gasteiger charge is 2.32. The van der Waals surface area contributed by atoms with E-state index in [9.17, 15) is 4.79 Å². The van der Waals surface area contributed by atoms with Crippen LogP contribution in [0.5, 0.6) is 0 Å². The van der Waals surface area contributed by atoms with Gasteiger partial charge >= 0.3 is 0 Å². The van der Waals surface area contributed by atoms with E-state index in [1.54, 1.807) is 6.20 Å². The van der Waals surface area contributed by atoms with E-state index in [0.29, 0.717) is 6.42 Å². The van der Waals surface area contributed by atoms with E-state index < -0.39 is 0 Å². The summed E-state index contributed by atoms with van der Waals surface area (Å²) in [6.07, 6.45) is 8.03. The fourth-order valence-electron chi connectivity index (χ4n) is 2.71. The van der Waals surface area contributed by atoms with Gasteiger partial charge in [-0.25, -0.2) is 4.98 Å². The van der Waals surface area contributed by atoms with Gasteiger partial charge in [0.1, 0.15) is 4.60 Å². The van der Waals surface area contributed by atoms with E-state index in [-0.39, 0.29) is 11.4 Å². The molecule has 19 heavy (non-hydrogen) atoms. The minimum Gasteiger partial charge on any atom is -0.325 e. The van der Waals surface area contributed by atoms with E-state index in [0.717, 1.165) is 23.1 Å². The average molecular weight is 326 g/mol. The molecule has 4 nitrogen and oxygen atoms in total. The lowest BCUT2D eigenvalue weighted by Crippen LogP contribution is -2.47. The van der Waals surface area contributed by atoms with Crippen LogP contribution in [0.25, 0.3) is 0 Å². The second-order valence-corrected chi connectivity index (χ2v) is 6.00. The molecule has 1 amide bonds. The largest absolute Gasteiger partial charge is 0.325 e. The molecular weight excluding hydrogens is 306 g/mol. The van der Waals surface area contributed by atoms with Gasteiger partial charge in [0.2, 0.25) is 5.91 Å². The van der Waals surface area contributed by atoms with E-state index in [1.807, 2.05) is 19.2 Å². The van der Waals surface area contributed by atoms with E-state index in [4.69, 9.17) is 0 Å². The fourth-order valence-corrected chi connectivity index (χ4v) is 2.94. The summed E-state index contributed by atoms with van der Waals surface area (Å²) < 4.78 is 0.768. The molecule has 0 radical (unpaired) electrons. The molecule has 0 aliphatic heterocycles. The summed E-state index contributed by atoms with van der Waals surface area (Å²) in [5.74, 6) is 0.0559. The van der Waals surface area contributed by atoms with E-state index in [2.05, 4.69) is 31.5 Å². The molecule has 1 aromatic rings. The Balaban J connectivity index is 1.94. The number of pyridine rings is 1. The number of halogens is 1. The molecule has 0 atom stereocenters. The van der Waals surface area contributed by atoms with Crippen molar-refractivity contribution in [3.8, 4) is 0 Å². The molecule has 1 aliphatic rings. The molecule has 0 saturated heterocycles. The number of aromatic nitrogens is 1. The summed E-state index contributed by atoms with van der Waals surface area (Å²) >= 11 is 3.28. The lowest BCUT2D eigenvalue weighted by molar-refractivity contribution is -0.117. The first-order chi connectivity index (χ1) is 9.13. The molecular formula is C14H20BrN3O. The minimum atomic E-state index is -0.0227. The van der Waals surface area contributed by atoms with Crippen molar-refractivity contribution in [2.24, 2.45) is 0 Å². The van der Waals surface area contributed by atoms with Gasteiger partial charge in [-0.2, -0.15) is 0 Å². The third-order valence-electron chi connectivity index (χ3n) is 3.85. The van der Waals surface area contributed by atoms with Gasteiger partial charge in [-0.05, 0) is 48.0 Å². The van der Waals surface area contributed by atoms with Crippen LogP contribution in [-0.2, 0) is 4.79 Å².